The Morgan fingerprint density at radius 1 is 0.636 bits per heavy atom. The summed E-state index contributed by atoms with van der Waals surface area (Å²) in [4.78, 5) is 40.3. The van der Waals surface area contributed by atoms with Crippen LogP contribution >= 0.6 is 0 Å². The van der Waals surface area contributed by atoms with Crippen molar-refractivity contribution in [1.29, 1.82) is 0 Å². The first-order valence-electron chi connectivity index (χ1n) is 10.4. The number of hydrogen-bond acceptors (Lipinski definition) is 6. The number of carboxylic acid groups (broad SMARTS) is 4. The van der Waals surface area contributed by atoms with Gasteiger partial charge in [0, 0.05) is 63.0 Å². The van der Waals surface area contributed by atoms with Gasteiger partial charge in [-0.1, -0.05) is 38.8 Å². The molecule has 0 rings (SSSR count). The van der Waals surface area contributed by atoms with Gasteiger partial charge >= 0.3 is 23.9 Å². The maximum atomic E-state index is 10.2. The molecule has 0 aliphatic heterocycles. The van der Waals surface area contributed by atoms with E-state index in [0.717, 1.165) is 25.7 Å². The third-order valence-electron chi connectivity index (χ3n) is 3.32. The van der Waals surface area contributed by atoms with Gasteiger partial charge in [0.05, 0.1) is 0 Å². The predicted molar refractivity (Wildman–Crippen MR) is 121 cm³/mol. The van der Waals surface area contributed by atoms with Crippen molar-refractivity contribution in [1.82, 2.24) is 0 Å². The molecule has 0 heterocycles. The summed E-state index contributed by atoms with van der Waals surface area (Å²) in [5.41, 5.74) is 0.373. The first kappa shape index (κ1) is 41.4. The third kappa shape index (κ3) is 48.7. The third-order valence-corrected chi connectivity index (χ3v) is 3.32. The molecule has 0 aromatic carbocycles. The summed E-state index contributed by atoms with van der Waals surface area (Å²) in [6, 6.07) is 0. The van der Waals surface area contributed by atoms with Crippen LogP contribution < -0.4 is 0 Å². The van der Waals surface area contributed by atoms with Gasteiger partial charge in [-0.3, -0.25) is 9.59 Å². The van der Waals surface area contributed by atoms with Crippen LogP contribution in [0.2, 0.25) is 0 Å². The quantitative estimate of drug-likeness (QED) is 0.136. The zero-order valence-electron chi connectivity index (χ0n) is 20.0. The van der Waals surface area contributed by atoms with Crippen LogP contribution in [0.5, 0.6) is 0 Å². The van der Waals surface area contributed by atoms with E-state index in [0.29, 0.717) is 13.2 Å². The molecule has 10 nitrogen and oxygen atoms in total. The van der Waals surface area contributed by atoms with E-state index in [2.05, 4.69) is 13.8 Å². The zero-order chi connectivity index (χ0) is 25.9. The average molecular weight is 643 g/mol. The fourth-order valence-electron chi connectivity index (χ4n) is 1.32. The Labute approximate surface area is 214 Å². The van der Waals surface area contributed by atoms with Crippen molar-refractivity contribution < 1.29 is 75.7 Å². The molecule has 33 heavy (non-hydrogen) atoms. The van der Waals surface area contributed by atoms with Crippen molar-refractivity contribution in [3.8, 4) is 0 Å². The Balaban J connectivity index is -0.000000112. The molecule has 0 radical (unpaired) electrons. The summed E-state index contributed by atoms with van der Waals surface area (Å²) in [5.74, 6) is -3.84. The number of aliphatic hydroxyl groups excluding tert-OH is 2. The molecule has 0 saturated heterocycles. The van der Waals surface area contributed by atoms with E-state index in [9.17, 15) is 19.2 Å². The van der Waals surface area contributed by atoms with Crippen molar-refractivity contribution in [2.24, 2.45) is 0 Å². The van der Waals surface area contributed by atoms with Gasteiger partial charge in [-0.05, 0) is 39.5 Å². The second kappa shape index (κ2) is 32.3. The maximum Gasteiger partial charge on any atom is 0.330 e. The normalized spacial score (nSPS) is 10.0. The van der Waals surface area contributed by atoms with Crippen molar-refractivity contribution in [2.45, 2.75) is 79.1 Å². The van der Waals surface area contributed by atoms with Gasteiger partial charge in [-0.2, -0.15) is 0 Å². The zero-order valence-corrected chi connectivity index (χ0v) is 23.6. The first-order chi connectivity index (χ1) is 14.9. The Morgan fingerprint density at radius 2 is 0.909 bits per heavy atom. The number of allylic oxidation sites excluding steroid dienone is 2. The molecular formula is C22H40HfO10. The second-order valence-corrected chi connectivity index (χ2v) is 6.40. The summed E-state index contributed by atoms with van der Waals surface area (Å²) in [7, 11) is 0. The smallest absolute Gasteiger partial charge is 0.330 e. The van der Waals surface area contributed by atoms with E-state index in [4.69, 9.17) is 30.6 Å². The van der Waals surface area contributed by atoms with E-state index < -0.39 is 23.9 Å². The van der Waals surface area contributed by atoms with Crippen LogP contribution in [0.1, 0.15) is 79.1 Å². The van der Waals surface area contributed by atoms with Gasteiger partial charge in [-0.15, -0.1) is 0 Å². The minimum absolute atomic E-state index is 0. The number of rotatable bonds is 12. The van der Waals surface area contributed by atoms with Crippen LogP contribution in [0.3, 0.4) is 0 Å². The van der Waals surface area contributed by atoms with Crippen LogP contribution in [-0.4, -0.2) is 67.7 Å². The second-order valence-electron chi connectivity index (χ2n) is 6.40. The summed E-state index contributed by atoms with van der Waals surface area (Å²) in [6.45, 7) is 7.66. The largest absolute Gasteiger partial charge is 0.481 e. The van der Waals surface area contributed by atoms with Crippen LogP contribution in [0, 0.1) is 0 Å². The van der Waals surface area contributed by atoms with Gasteiger partial charge in [0.1, 0.15) is 0 Å². The molecule has 0 aliphatic rings. The van der Waals surface area contributed by atoms with Crippen molar-refractivity contribution in [2.75, 3.05) is 13.2 Å². The van der Waals surface area contributed by atoms with Crippen molar-refractivity contribution in [3.05, 3.63) is 23.3 Å². The number of aliphatic carboxylic acids is 4. The van der Waals surface area contributed by atoms with Gasteiger partial charge in [0.15, 0.2) is 0 Å². The number of unbranched alkanes of at least 4 members (excludes halogenated alkanes) is 2. The average Bonchev–Trinajstić information content (AvgIpc) is 2.69. The molecule has 0 atom stereocenters. The molecule has 0 saturated carbocycles. The molecule has 11 heteroatoms. The van der Waals surface area contributed by atoms with Gasteiger partial charge < -0.3 is 30.6 Å². The standard InChI is InChI=1S/2C7H10O4.2C4H10O.Hf/c2*1-5(7(10)11)3-2-4-6(8)9;2*1-2-3-4-5;/h2*3H,2,4H2,1H3,(H,8,9)(H,10,11);2*5H,2-4H2,1H3;. The molecule has 0 unspecified atom stereocenters. The molecule has 0 spiro atoms. The van der Waals surface area contributed by atoms with E-state index in [-0.39, 0.29) is 62.7 Å². The van der Waals surface area contributed by atoms with Crippen LogP contribution in [0.4, 0.5) is 0 Å². The minimum Gasteiger partial charge on any atom is -0.481 e. The Hall–Kier alpha value is -1.85. The summed E-state index contributed by atoms with van der Waals surface area (Å²) >= 11 is 0. The number of carbonyl (C=O) groups is 4. The molecule has 0 fully saturated rings. The molecule has 0 bridgehead atoms. The molecular weight excluding hydrogens is 603 g/mol. The van der Waals surface area contributed by atoms with Gasteiger partial charge in [0.25, 0.3) is 0 Å². The fourth-order valence-corrected chi connectivity index (χ4v) is 1.32. The Kier molecular flexibility index (Phi) is 40.6. The minimum atomic E-state index is -1.00. The van der Waals surface area contributed by atoms with Crippen LogP contribution in [0.25, 0.3) is 0 Å². The Bertz CT molecular complexity index is 518. The van der Waals surface area contributed by atoms with E-state index in [1.54, 1.807) is 0 Å². The Morgan fingerprint density at radius 3 is 1.03 bits per heavy atom. The van der Waals surface area contributed by atoms with E-state index in [1.165, 1.54) is 26.0 Å². The maximum absolute atomic E-state index is 10.2. The molecule has 6 N–H and O–H groups in total. The predicted octanol–water partition coefficient (Wildman–Crippen LogP) is 3.32. The monoisotopic (exact) mass is 644 g/mol. The molecule has 0 aromatic heterocycles. The number of hydrogen-bond donors (Lipinski definition) is 6. The van der Waals surface area contributed by atoms with Crippen molar-refractivity contribution >= 4 is 23.9 Å². The van der Waals surface area contributed by atoms with E-state index in [1.807, 2.05) is 0 Å². The number of carboxylic acids is 4. The van der Waals surface area contributed by atoms with Crippen molar-refractivity contribution in [3.63, 3.8) is 0 Å². The molecule has 0 amide bonds. The molecule has 0 aromatic rings. The van der Waals surface area contributed by atoms with Gasteiger partial charge in [-0.25, -0.2) is 9.59 Å². The summed E-state index contributed by atoms with van der Waals surface area (Å²) in [5, 5.41) is 49.2. The van der Waals surface area contributed by atoms with Crippen LogP contribution in [0.15, 0.2) is 23.3 Å². The SMILES string of the molecule is CC(=CCCC(=O)O)C(=O)O.CC(=CCCC(=O)O)C(=O)O.CCCCO.CCCCO.[Hf]. The summed E-state index contributed by atoms with van der Waals surface area (Å²) in [6.07, 6.45) is 7.37. The number of aliphatic hydroxyl groups is 2. The first-order valence-corrected chi connectivity index (χ1v) is 10.4. The molecule has 0 aliphatic carbocycles. The topological polar surface area (TPSA) is 190 Å². The van der Waals surface area contributed by atoms with E-state index >= 15 is 0 Å². The summed E-state index contributed by atoms with van der Waals surface area (Å²) < 4.78 is 0. The van der Waals surface area contributed by atoms with Crippen LogP contribution in [-0.2, 0) is 45.0 Å². The fraction of sp³-hybridized carbons (Fsp3) is 0.636. The van der Waals surface area contributed by atoms with Gasteiger partial charge in [0.2, 0.25) is 0 Å². The molecule has 192 valence electrons.